The molecule has 96 heavy (non-hydrogen) atoms. The lowest BCUT2D eigenvalue weighted by Gasteiger charge is -2.21. The van der Waals surface area contributed by atoms with Crippen molar-refractivity contribution in [1.82, 2.24) is 0 Å². The van der Waals surface area contributed by atoms with E-state index in [0.29, 0.717) is 25.7 Å². The number of rotatable bonds is 74. The van der Waals surface area contributed by atoms with Crippen molar-refractivity contribution in [1.29, 1.82) is 0 Å². The number of unbranched alkanes of at least 4 members (excludes halogenated alkanes) is 38. The number of phosphoric acid groups is 2. The van der Waals surface area contributed by atoms with Crippen molar-refractivity contribution in [2.75, 3.05) is 39.6 Å². The number of esters is 4. The monoisotopic (exact) mass is 1410 g/mol. The van der Waals surface area contributed by atoms with E-state index in [0.717, 1.165) is 120 Å². The summed E-state index contributed by atoms with van der Waals surface area (Å²) in [5, 5.41) is 10.6. The van der Waals surface area contributed by atoms with Gasteiger partial charge in [-0.3, -0.25) is 37.3 Å². The fourth-order valence-electron chi connectivity index (χ4n) is 11.7. The summed E-state index contributed by atoms with van der Waals surface area (Å²) in [5.74, 6) is 0.936. The maximum absolute atomic E-state index is 13.1. The van der Waals surface area contributed by atoms with Gasteiger partial charge in [-0.05, 0) is 49.4 Å². The number of hydrogen-bond donors (Lipinski definition) is 3. The molecule has 0 rings (SSSR count). The zero-order chi connectivity index (χ0) is 71.0. The Labute approximate surface area is 588 Å². The summed E-state index contributed by atoms with van der Waals surface area (Å²) in [6.45, 7) is 14.2. The first-order valence-corrected chi connectivity index (χ1v) is 42.8. The minimum Gasteiger partial charge on any atom is -0.462 e. The number of hydrogen-bond acceptors (Lipinski definition) is 15. The molecule has 0 saturated carbocycles. The Morgan fingerprint density at radius 2 is 0.500 bits per heavy atom. The van der Waals surface area contributed by atoms with E-state index in [1.54, 1.807) is 0 Å². The second kappa shape index (κ2) is 66.3. The van der Waals surface area contributed by atoms with Gasteiger partial charge in [-0.1, -0.05) is 338 Å². The van der Waals surface area contributed by atoms with Gasteiger partial charge in [-0.15, -0.1) is 0 Å². The van der Waals surface area contributed by atoms with Gasteiger partial charge in [-0.25, -0.2) is 9.13 Å². The third-order valence-corrected chi connectivity index (χ3v) is 20.4. The van der Waals surface area contributed by atoms with Crippen molar-refractivity contribution in [2.24, 2.45) is 23.7 Å². The van der Waals surface area contributed by atoms with Gasteiger partial charge in [-0.2, -0.15) is 0 Å². The Bertz CT molecular complexity index is 1890. The van der Waals surface area contributed by atoms with E-state index in [4.69, 9.17) is 37.0 Å². The summed E-state index contributed by atoms with van der Waals surface area (Å²) in [4.78, 5) is 72.8. The molecule has 0 heterocycles. The van der Waals surface area contributed by atoms with E-state index in [-0.39, 0.29) is 25.7 Å². The lowest BCUT2D eigenvalue weighted by molar-refractivity contribution is -0.161. The molecule has 0 bridgehead atoms. The van der Waals surface area contributed by atoms with Gasteiger partial charge in [0.1, 0.15) is 19.3 Å². The molecule has 0 saturated heterocycles. The average Bonchev–Trinajstić information content (AvgIpc) is 2.03. The third kappa shape index (κ3) is 67.9. The van der Waals surface area contributed by atoms with Crippen LogP contribution < -0.4 is 0 Å². The van der Waals surface area contributed by atoms with E-state index in [1.807, 2.05) is 0 Å². The van der Waals surface area contributed by atoms with E-state index < -0.39 is 97.5 Å². The molecule has 0 aliphatic heterocycles. The molecule has 0 spiro atoms. The number of carbonyl (C=O) groups excluding carboxylic acids is 4. The Morgan fingerprint density at radius 3 is 0.740 bits per heavy atom. The number of ether oxygens (including phenoxy) is 4. The molecular weight excluding hydrogens is 1260 g/mol. The number of aliphatic hydroxyl groups excluding tert-OH is 1. The zero-order valence-corrected chi connectivity index (χ0v) is 64.8. The molecule has 17 nitrogen and oxygen atoms in total. The molecule has 7 atom stereocenters. The average molecular weight is 1410 g/mol. The van der Waals surface area contributed by atoms with Crippen LogP contribution in [-0.2, 0) is 65.4 Å². The Hall–Kier alpha value is -1.94. The fraction of sp³-hybridized carbons (Fsp3) is 0.948. The van der Waals surface area contributed by atoms with Crippen molar-refractivity contribution in [3.05, 3.63) is 0 Å². The van der Waals surface area contributed by atoms with Gasteiger partial charge in [0.15, 0.2) is 12.2 Å². The summed E-state index contributed by atoms with van der Waals surface area (Å²) in [6.07, 6.45) is 51.5. The van der Waals surface area contributed by atoms with Crippen LogP contribution in [0.4, 0.5) is 0 Å². The van der Waals surface area contributed by atoms with Crippen molar-refractivity contribution in [2.45, 2.75) is 408 Å². The molecule has 0 fully saturated rings. The first-order valence-electron chi connectivity index (χ1n) is 39.8. The highest BCUT2D eigenvalue weighted by molar-refractivity contribution is 7.47. The quantitative estimate of drug-likeness (QED) is 0.0222. The van der Waals surface area contributed by atoms with Crippen LogP contribution in [-0.4, -0.2) is 96.7 Å². The van der Waals surface area contributed by atoms with Crippen LogP contribution in [0, 0.1) is 23.7 Å². The zero-order valence-electron chi connectivity index (χ0n) is 63.0. The Morgan fingerprint density at radius 1 is 0.292 bits per heavy atom. The van der Waals surface area contributed by atoms with E-state index in [9.17, 15) is 43.2 Å². The summed E-state index contributed by atoms with van der Waals surface area (Å²) in [5.41, 5.74) is 0. The molecule has 0 aliphatic rings. The van der Waals surface area contributed by atoms with Crippen molar-refractivity contribution >= 4 is 39.5 Å². The molecule has 0 aromatic heterocycles. The molecule has 0 amide bonds. The van der Waals surface area contributed by atoms with Crippen LogP contribution in [0.5, 0.6) is 0 Å². The normalized spacial score (nSPS) is 14.7. The third-order valence-electron chi connectivity index (χ3n) is 18.5. The number of carbonyl (C=O) groups is 4. The van der Waals surface area contributed by atoms with Crippen LogP contribution in [0.2, 0.25) is 0 Å². The lowest BCUT2D eigenvalue weighted by Crippen LogP contribution is -2.30. The molecule has 0 aliphatic carbocycles. The SMILES string of the molecule is CCC(C)CCCCCCCCC(=O)OC[C@H](COP(=O)(O)OC[C@H](O)COP(=O)(O)OC[C@@H](COC(=O)CCCCCCCCCCCCCCCCC(C)C)OC(=O)CCCCCCCCCCCCCCCCCCC(C)C)OC(=O)CCCCCCCCC(C)CC. The topological polar surface area (TPSA) is 237 Å². The van der Waals surface area contributed by atoms with Crippen LogP contribution >= 0.6 is 15.6 Å². The highest BCUT2D eigenvalue weighted by Crippen LogP contribution is 2.45. The summed E-state index contributed by atoms with van der Waals surface area (Å²) >= 11 is 0. The lowest BCUT2D eigenvalue weighted by atomic mass is 10.00. The van der Waals surface area contributed by atoms with Crippen molar-refractivity contribution in [3.8, 4) is 0 Å². The van der Waals surface area contributed by atoms with Crippen LogP contribution in [0.1, 0.15) is 389 Å². The van der Waals surface area contributed by atoms with Crippen molar-refractivity contribution in [3.63, 3.8) is 0 Å². The summed E-state index contributed by atoms with van der Waals surface area (Å²) < 4.78 is 68.5. The van der Waals surface area contributed by atoms with Crippen LogP contribution in [0.25, 0.3) is 0 Å². The molecule has 0 aromatic carbocycles. The molecule has 0 aromatic rings. The fourth-order valence-corrected chi connectivity index (χ4v) is 13.2. The predicted molar refractivity (Wildman–Crippen MR) is 391 cm³/mol. The van der Waals surface area contributed by atoms with E-state index >= 15 is 0 Å². The standard InChI is InChI=1S/C77H150O17P2/c1-9-69(7)55-47-39-33-35-42-50-58-75(80)88-64-73(94-77(82)60-52-44-36-34-40-48-56-70(8)10-2)66-92-96(85,86)90-62-71(78)61-89-95(83,84)91-65-72(63-87-74(79)57-49-41-31-27-23-19-16-15-18-22-26-30-38-46-54-68(5)6)93-76(81)59-51-43-32-28-24-20-14-12-11-13-17-21-25-29-37-45-53-67(3)4/h67-73,78H,9-66H2,1-8H3,(H,83,84)(H,85,86)/t69?,70?,71-,72-,73-/m1/s1. The molecule has 4 unspecified atom stereocenters. The van der Waals surface area contributed by atoms with Crippen LogP contribution in [0.15, 0.2) is 0 Å². The maximum atomic E-state index is 13.1. The molecule has 570 valence electrons. The number of aliphatic hydroxyl groups is 1. The molecule has 0 radical (unpaired) electrons. The Kier molecular flexibility index (Phi) is 65.0. The highest BCUT2D eigenvalue weighted by atomic mass is 31.2. The van der Waals surface area contributed by atoms with E-state index in [2.05, 4.69) is 55.4 Å². The van der Waals surface area contributed by atoms with Gasteiger partial charge in [0.2, 0.25) is 0 Å². The molecular formula is C77H150O17P2. The Balaban J connectivity index is 5.23. The smallest absolute Gasteiger partial charge is 0.462 e. The summed E-state index contributed by atoms with van der Waals surface area (Å²) in [7, 11) is -9.91. The van der Waals surface area contributed by atoms with Gasteiger partial charge >= 0.3 is 39.5 Å². The van der Waals surface area contributed by atoms with Gasteiger partial charge in [0.25, 0.3) is 0 Å². The van der Waals surface area contributed by atoms with Gasteiger partial charge in [0, 0.05) is 25.7 Å². The minimum atomic E-state index is -4.96. The van der Waals surface area contributed by atoms with Gasteiger partial charge in [0.05, 0.1) is 26.4 Å². The largest absolute Gasteiger partial charge is 0.472 e. The van der Waals surface area contributed by atoms with Crippen LogP contribution in [0.3, 0.4) is 0 Å². The first-order chi connectivity index (χ1) is 46.2. The maximum Gasteiger partial charge on any atom is 0.472 e. The number of phosphoric ester groups is 2. The second-order valence-electron chi connectivity index (χ2n) is 29.2. The second-order valence-corrected chi connectivity index (χ2v) is 32.1. The molecule has 3 N–H and O–H groups in total. The minimum absolute atomic E-state index is 0.102. The van der Waals surface area contributed by atoms with Crippen molar-refractivity contribution < 1.29 is 80.2 Å². The van der Waals surface area contributed by atoms with Gasteiger partial charge < -0.3 is 33.8 Å². The highest BCUT2D eigenvalue weighted by Gasteiger charge is 2.30. The molecule has 19 heteroatoms. The van der Waals surface area contributed by atoms with E-state index in [1.165, 1.54) is 186 Å². The first kappa shape index (κ1) is 94.1. The predicted octanol–water partition coefficient (Wildman–Crippen LogP) is 22.4. The summed E-state index contributed by atoms with van der Waals surface area (Å²) in [6, 6.07) is 0.